The molecule has 2 N–H and O–H groups in total. The Kier molecular flexibility index (Phi) is 7.86. The van der Waals surface area contributed by atoms with Crippen molar-refractivity contribution in [1.29, 1.82) is 0 Å². The van der Waals surface area contributed by atoms with Gasteiger partial charge in [-0.2, -0.15) is 0 Å². The lowest BCUT2D eigenvalue weighted by Gasteiger charge is -2.27. The highest BCUT2D eigenvalue weighted by atomic mass is 16.5. The zero-order valence-electron chi connectivity index (χ0n) is 21.2. The molecule has 0 radical (unpaired) electrons. The minimum atomic E-state index is -1.01. The van der Waals surface area contributed by atoms with Crippen LogP contribution in [-0.2, 0) is 11.3 Å². The Bertz CT molecular complexity index is 1290. The number of hydrogen-bond donors (Lipinski definition) is 2. The van der Waals surface area contributed by atoms with E-state index in [1.807, 2.05) is 12.1 Å². The summed E-state index contributed by atoms with van der Waals surface area (Å²) in [6.45, 7) is 6.61. The minimum absolute atomic E-state index is 0.211. The van der Waals surface area contributed by atoms with Crippen LogP contribution in [0.3, 0.4) is 0 Å². The molecule has 0 aliphatic carbocycles. The Labute approximate surface area is 216 Å². The van der Waals surface area contributed by atoms with Gasteiger partial charge < -0.3 is 20.1 Å². The highest BCUT2D eigenvalue weighted by Gasteiger charge is 2.38. The Balaban J connectivity index is 1.43. The van der Waals surface area contributed by atoms with Crippen molar-refractivity contribution in [2.75, 3.05) is 11.9 Å². The van der Waals surface area contributed by atoms with Crippen LogP contribution in [0.25, 0.3) is 11.3 Å². The van der Waals surface area contributed by atoms with E-state index in [2.05, 4.69) is 17.2 Å². The van der Waals surface area contributed by atoms with Gasteiger partial charge in [0.05, 0.1) is 24.2 Å². The van der Waals surface area contributed by atoms with E-state index in [9.17, 15) is 19.5 Å². The summed E-state index contributed by atoms with van der Waals surface area (Å²) in [4.78, 5) is 43.2. The number of carbonyl (C=O) groups excluding carboxylic acids is 2. The molecule has 0 saturated carbocycles. The van der Waals surface area contributed by atoms with E-state index in [1.165, 1.54) is 4.90 Å². The fourth-order valence-electron chi connectivity index (χ4n) is 4.36. The van der Waals surface area contributed by atoms with Crippen LogP contribution in [0.15, 0.2) is 60.8 Å². The van der Waals surface area contributed by atoms with Crippen molar-refractivity contribution in [3.05, 3.63) is 77.5 Å². The summed E-state index contributed by atoms with van der Waals surface area (Å²) in [6, 6.07) is 15.1. The summed E-state index contributed by atoms with van der Waals surface area (Å²) in [5.41, 5.74) is 3.72. The van der Waals surface area contributed by atoms with Gasteiger partial charge in [0.15, 0.2) is 0 Å². The van der Waals surface area contributed by atoms with Gasteiger partial charge in [-0.3, -0.25) is 14.6 Å². The molecule has 1 aliphatic heterocycles. The molecular weight excluding hydrogens is 470 g/mol. The number of unbranched alkanes of at least 4 members (excludes halogenated alkanes) is 1. The second-order valence-corrected chi connectivity index (χ2v) is 9.44. The van der Waals surface area contributed by atoms with Gasteiger partial charge in [0, 0.05) is 23.2 Å². The quantitative estimate of drug-likeness (QED) is 0.368. The first-order valence-electron chi connectivity index (χ1n) is 12.5. The average molecular weight is 502 g/mol. The van der Waals surface area contributed by atoms with Crippen LogP contribution in [0.2, 0.25) is 0 Å². The Morgan fingerprint density at radius 2 is 1.86 bits per heavy atom. The Morgan fingerprint density at radius 3 is 2.49 bits per heavy atom. The number of pyridine rings is 1. The predicted octanol–water partition coefficient (Wildman–Crippen LogP) is 5.24. The SMILES string of the molecule is CCCCOc1ccc(C(=O)Nc2ccc(-c3ccc4c(c3)C(=O)N([C@H](C(=O)O)C(C)C)C4)nc2)cc1. The van der Waals surface area contributed by atoms with Gasteiger partial charge in [-0.1, -0.05) is 39.3 Å². The topological polar surface area (TPSA) is 109 Å². The molecule has 2 heterocycles. The van der Waals surface area contributed by atoms with E-state index in [1.54, 1.807) is 62.5 Å². The number of anilines is 1. The maximum Gasteiger partial charge on any atom is 0.326 e. The maximum atomic E-state index is 13.0. The third-order valence-electron chi connectivity index (χ3n) is 6.36. The third kappa shape index (κ3) is 5.80. The molecule has 2 amide bonds. The molecule has 2 aromatic carbocycles. The van der Waals surface area contributed by atoms with E-state index in [-0.39, 0.29) is 24.3 Å². The first-order valence-corrected chi connectivity index (χ1v) is 12.5. The zero-order chi connectivity index (χ0) is 26.5. The second-order valence-electron chi connectivity index (χ2n) is 9.44. The number of benzene rings is 2. The van der Waals surface area contributed by atoms with Gasteiger partial charge in [-0.15, -0.1) is 0 Å². The van der Waals surface area contributed by atoms with Crippen LogP contribution < -0.4 is 10.1 Å². The molecule has 0 saturated heterocycles. The lowest BCUT2D eigenvalue weighted by Crippen LogP contribution is -2.44. The standard InChI is InChI=1S/C29H31N3O5/c1-4-5-14-37-23-11-8-19(9-12-23)27(33)31-22-10-13-25(30-16-22)20-6-7-21-17-32(28(34)24(21)15-20)26(18(2)3)29(35)36/h6-13,15-16,18,26H,4-5,14,17H2,1-3H3,(H,31,33)(H,35,36)/t26-/m0/s1. The Morgan fingerprint density at radius 1 is 1.11 bits per heavy atom. The normalized spacial score (nSPS) is 13.4. The summed E-state index contributed by atoms with van der Waals surface area (Å²) < 4.78 is 5.64. The van der Waals surface area contributed by atoms with Gasteiger partial charge in [0.2, 0.25) is 0 Å². The molecule has 0 spiro atoms. The van der Waals surface area contributed by atoms with E-state index >= 15 is 0 Å². The lowest BCUT2D eigenvalue weighted by atomic mass is 10.0. The average Bonchev–Trinajstić information content (AvgIpc) is 3.19. The Hall–Kier alpha value is -4.20. The van der Waals surface area contributed by atoms with Crippen molar-refractivity contribution in [3.63, 3.8) is 0 Å². The number of hydrogen-bond acceptors (Lipinski definition) is 5. The van der Waals surface area contributed by atoms with Crippen LogP contribution in [0, 0.1) is 5.92 Å². The molecule has 8 nitrogen and oxygen atoms in total. The number of nitrogens with one attached hydrogen (secondary N) is 1. The number of fused-ring (bicyclic) bond motifs is 1. The van der Waals surface area contributed by atoms with E-state index in [0.717, 1.165) is 29.7 Å². The van der Waals surface area contributed by atoms with E-state index in [4.69, 9.17) is 4.74 Å². The number of carboxylic acids is 1. The van der Waals surface area contributed by atoms with Crippen molar-refractivity contribution < 1.29 is 24.2 Å². The molecule has 37 heavy (non-hydrogen) atoms. The van der Waals surface area contributed by atoms with Crippen LogP contribution >= 0.6 is 0 Å². The number of aromatic nitrogens is 1. The monoisotopic (exact) mass is 501 g/mol. The van der Waals surface area contributed by atoms with Crippen molar-refractivity contribution in [3.8, 4) is 17.0 Å². The number of carbonyl (C=O) groups is 3. The summed E-state index contributed by atoms with van der Waals surface area (Å²) >= 11 is 0. The smallest absolute Gasteiger partial charge is 0.326 e. The first kappa shape index (κ1) is 25.9. The predicted molar refractivity (Wildman–Crippen MR) is 141 cm³/mol. The molecule has 4 rings (SSSR count). The number of rotatable bonds is 10. The van der Waals surface area contributed by atoms with Crippen LogP contribution in [0.4, 0.5) is 5.69 Å². The van der Waals surface area contributed by atoms with Crippen LogP contribution in [0.1, 0.15) is 59.9 Å². The minimum Gasteiger partial charge on any atom is -0.494 e. The van der Waals surface area contributed by atoms with Gasteiger partial charge in [-0.25, -0.2) is 4.79 Å². The highest BCUT2D eigenvalue weighted by Crippen LogP contribution is 2.31. The van der Waals surface area contributed by atoms with Crippen LogP contribution in [-0.4, -0.2) is 45.4 Å². The number of aliphatic carboxylic acids is 1. The van der Waals surface area contributed by atoms with Crippen molar-refractivity contribution >= 4 is 23.5 Å². The van der Waals surface area contributed by atoms with E-state index in [0.29, 0.717) is 29.1 Å². The summed E-state index contributed by atoms with van der Waals surface area (Å²) in [7, 11) is 0. The highest BCUT2D eigenvalue weighted by molar-refractivity contribution is 6.04. The third-order valence-corrected chi connectivity index (χ3v) is 6.36. The van der Waals surface area contributed by atoms with E-state index < -0.39 is 12.0 Å². The van der Waals surface area contributed by atoms with Crippen molar-refractivity contribution in [2.24, 2.45) is 5.92 Å². The fraction of sp³-hybridized carbons (Fsp3) is 0.310. The molecule has 0 fully saturated rings. The second kappa shape index (κ2) is 11.2. The van der Waals surface area contributed by atoms with Gasteiger partial charge in [-0.05, 0) is 60.4 Å². The van der Waals surface area contributed by atoms with Crippen LogP contribution in [0.5, 0.6) is 5.75 Å². The first-order chi connectivity index (χ1) is 17.8. The number of nitrogens with zero attached hydrogens (tertiary/aromatic N) is 2. The summed E-state index contributed by atoms with van der Waals surface area (Å²) in [5.74, 6) is -1.03. The molecule has 192 valence electrons. The molecule has 8 heteroatoms. The number of ether oxygens (including phenoxy) is 1. The fourth-order valence-corrected chi connectivity index (χ4v) is 4.36. The summed E-state index contributed by atoms with van der Waals surface area (Å²) in [5, 5.41) is 12.4. The van der Waals surface area contributed by atoms with Gasteiger partial charge >= 0.3 is 5.97 Å². The molecule has 1 aromatic heterocycles. The molecule has 3 aromatic rings. The van der Waals surface area contributed by atoms with Gasteiger partial charge in [0.1, 0.15) is 11.8 Å². The molecule has 1 aliphatic rings. The molecular formula is C29H31N3O5. The summed E-state index contributed by atoms with van der Waals surface area (Å²) in [6.07, 6.45) is 3.60. The van der Waals surface area contributed by atoms with Crippen molar-refractivity contribution in [2.45, 2.75) is 46.2 Å². The molecule has 1 atom stereocenters. The number of carboxylic acid groups (broad SMARTS) is 1. The lowest BCUT2D eigenvalue weighted by molar-refractivity contribution is -0.144. The van der Waals surface area contributed by atoms with Crippen molar-refractivity contribution in [1.82, 2.24) is 9.88 Å². The van der Waals surface area contributed by atoms with Gasteiger partial charge in [0.25, 0.3) is 11.8 Å². The number of amides is 2. The molecule has 0 unspecified atom stereocenters. The largest absolute Gasteiger partial charge is 0.494 e. The molecule has 0 bridgehead atoms. The maximum absolute atomic E-state index is 13.0. The zero-order valence-corrected chi connectivity index (χ0v) is 21.2.